The average Bonchev–Trinajstić information content (AvgIpc) is 2.63. The summed E-state index contributed by atoms with van der Waals surface area (Å²) < 4.78 is 5.94. The molecular weight excluding hydrogens is 218 g/mol. The van der Waals surface area contributed by atoms with Crippen molar-refractivity contribution in [3.63, 3.8) is 0 Å². The Morgan fingerprint density at radius 3 is 2.79 bits per heavy atom. The van der Waals surface area contributed by atoms with Crippen molar-refractivity contribution < 1.29 is 4.74 Å². The highest BCUT2D eigenvalue weighted by molar-refractivity contribution is 7.99. The Bertz CT molecular complexity index is 177. The first-order valence-electron chi connectivity index (χ1n) is 5.17. The molecule has 84 valence electrons. The van der Waals surface area contributed by atoms with Crippen LogP contribution in [0.5, 0.6) is 0 Å². The molecule has 0 bridgehead atoms. The van der Waals surface area contributed by atoms with Crippen LogP contribution < -0.4 is 5.32 Å². The predicted molar refractivity (Wildman–Crippen MR) is 64.2 cm³/mol. The van der Waals surface area contributed by atoms with Gasteiger partial charge in [-0.2, -0.15) is 11.8 Å². The Balaban J connectivity index is 0.000000980. The van der Waals surface area contributed by atoms with Gasteiger partial charge in [-0.05, 0) is 25.0 Å². The molecule has 0 aromatic rings. The van der Waals surface area contributed by atoms with Crippen molar-refractivity contribution in [2.45, 2.75) is 26.0 Å². The van der Waals surface area contributed by atoms with E-state index in [0.717, 1.165) is 13.2 Å². The molecule has 3 unspecified atom stereocenters. The van der Waals surface area contributed by atoms with E-state index in [-0.39, 0.29) is 18.1 Å². The first-order valence-corrected chi connectivity index (χ1v) is 6.33. The highest BCUT2D eigenvalue weighted by atomic mass is 35.5. The molecule has 2 saturated heterocycles. The third kappa shape index (κ3) is 2.57. The Kier molecular flexibility index (Phi) is 4.56. The Labute approximate surface area is 97.0 Å². The van der Waals surface area contributed by atoms with E-state index in [1.807, 2.05) is 0 Å². The lowest BCUT2D eigenvalue weighted by Gasteiger charge is -2.41. The Morgan fingerprint density at radius 1 is 1.50 bits per heavy atom. The minimum absolute atomic E-state index is 0. The molecule has 3 atom stereocenters. The monoisotopic (exact) mass is 237 g/mol. The standard InChI is InChI=1S/C10H19NOS.ClH/c1-8-5-11-10(2,12-6-8)9-3-4-13-7-9;/h8-9,11H,3-7H2,1-2H3;1H. The van der Waals surface area contributed by atoms with Crippen LogP contribution in [0.25, 0.3) is 0 Å². The third-order valence-corrected chi connectivity index (χ3v) is 4.34. The van der Waals surface area contributed by atoms with Crippen LogP contribution in [0.4, 0.5) is 0 Å². The maximum atomic E-state index is 5.94. The van der Waals surface area contributed by atoms with E-state index in [1.54, 1.807) is 0 Å². The van der Waals surface area contributed by atoms with Crippen LogP contribution in [0.2, 0.25) is 0 Å². The number of hydrogen-bond acceptors (Lipinski definition) is 3. The van der Waals surface area contributed by atoms with Gasteiger partial charge in [-0.15, -0.1) is 12.4 Å². The number of hydrogen-bond donors (Lipinski definition) is 1. The Morgan fingerprint density at radius 2 is 2.29 bits per heavy atom. The number of halogens is 1. The second-order valence-electron chi connectivity index (χ2n) is 4.46. The van der Waals surface area contributed by atoms with Crippen molar-refractivity contribution in [2.24, 2.45) is 11.8 Å². The van der Waals surface area contributed by atoms with Crippen molar-refractivity contribution in [3.8, 4) is 0 Å². The molecule has 0 spiro atoms. The van der Waals surface area contributed by atoms with Crippen molar-refractivity contribution in [2.75, 3.05) is 24.7 Å². The van der Waals surface area contributed by atoms with Crippen molar-refractivity contribution in [3.05, 3.63) is 0 Å². The quantitative estimate of drug-likeness (QED) is 0.755. The number of rotatable bonds is 1. The molecule has 2 heterocycles. The molecule has 4 heteroatoms. The van der Waals surface area contributed by atoms with Gasteiger partial charge in [-0.1, -0.05) is 6.92 Å². The normalized spacial score (nSPS) is 43.3. The molecule has 2 aliphatic rings. The van der Waals surface area contributed by atoms with Gasteiger partial charge in [0, 0.05) is 18.2 Å². The second kappa shape index (κ2) is 5.06. The van der Waals surface area contributed by atoms with Crippen LogP contribution in [0.1, 0.15) is 20.3 Å². The lowest BCUT2D eigenvalue weighted by Crippen LogP contribution is -2.57. The lowest BCUT2D eigenvalue weighted by atomic mass is 9.94. The summed E-state index contributed by atoms with van der Waals surface area (Å²) >= 11 is 2.06. The number of nitrogens with one attached hydrogen (secondary N) is 1. The van der Waals surface area contributed by atoms with Gasteiger partial charge in [0.15, 0.2) is 0 Å². The maximum Gasteiger partial charge on any atom is 0.120 e. The van der Waals surface area contributed by atoms with Crippen LogP contribution in [0.15, 0.2) is 0 Å². The highest BCUT2D eigenvalue weighted by Gasteiger charge is 2.39. The van der Waals surface area contributed by atoms with E-state index in [9.17, 15) is 0 Å². The largest absolute Gasteiger partial charge is 0.360 e. The molecule has 2 aliphatic heterocycles. The van der Waals surface area contributed by atoms with Gasteiger partial charge in [0.05, 0.1) is 6.61 Å². The molecule has 2 nitrogen and oxygen atoms in total. The van der Waals surface area contributed by atoms with Crippen molar-refractivity contribution in [1.29, 1.82) is 0 Å². The minimum Gasteiger partial charge on any atom is -0.360 e. The second-order valence-corrected chi connectivity index (χ2v) is 5.61. The molecule has 14 heavy (non-hydrogen) atoms. The van der Waals surface area contributed by atoms with Gasteiger partial charge in [-0.25, -0.2) is 0 Å². The fourth-order valence-corrected chi connectivity index (χ4v) is 3.42. The highest BCUT2D eigenvalue weighted by Crippen LogP contribution is 2.34. The van der Waals surface area contributed by atoms with Gasteiger partial charge in [0.25, 0.3) is 0 Å². The zero-order chi connectivity index (χ0) is 9.31. The van der Waals surface area contributed by atoms with Gasteiger partial charge in [0.2, 0.25) is 0 Å². The maximum absolute atomic E-state index is 5.94. The van der Waals surface area contributed by atoms with Crippen LogP contribution >= 0.6 is 24.2 Å². The Hall–Kier alpha value is 0.560. The zero-order valence-corrected chi connectivity index (χ0v) is 10.5. The van der Waals surface area contributed by atoms with E-state index < -0.39 is 0 Å². The van der Waals surface area contributed by atoms with Gasteiger partial charge in [-0.3, -0.25) is 5.32 Å². The summed E-state index contributed by atoms with van der Waals surface area (Å²) in [5, 5.41) is 3.55. The van der Waals surface area contributed by atoms with E-state index in [0.29, 0.717) is 11.8 Å². The number of thioether (sulfide) groups is 1. The van der Waals surface area contributed by atoms with Gasteiger partial charge >= 0.3 is 0 Å². The van der Waals surface area contributed by atoms with E-state index in [4.69, 9.17) is 4.74 Å². The topological polar surface area (TPSA) is 21.3 Å². The molecule has 0 aromatic heterocycles. The summed E-state index contributed by atoms with van der Waals surface area (Å²) in [5.41, 5.74) is -0.0317. The first kappa shape index (κ1) is 12.6. The van der Waals surface area contributed by atoms with Crippen LogP contribution in [-0.4, -0.2) is 30.4 Å². The van der Waals surface area contributed by atoms with E-state index in [2.05, 4.69) is 30.9 Å². The van der Waals surface area contributed by atoms with Crippen LogP contribution in [0.3, 0.4) is 0 Å². The zero-order valence-electron chi connectivity index (χ0n) is 8.91. The van der Waals surface area contributed by atoms with E-state index in [1.165, 1.54) is 17.9 Å². The van der Waals surface area contributed by atoms with Gasteiger partial charge in [0.1, 0.15) is 5.72 Å². The summed E-state index contributed by atoms with van der Waals surface area (Å²) in [6.45, 7) is 6.48. The molecule has 2 rings (SSSR count). The molecule has 0 aromatic carbocycles. The smallest absolute Gasteiger partial charge is 0.120 e. The summed E-state index contributed by atoms with van der Waals surface area (Å²) in [4.78, 5) is 0. The molecule has 0 aliphatic carbocycles. The minimum atomic E-state index is -0.0317. The van der Waals surface area contributed by atoms with Crippen molar-refractivity contribution in [1.82, 2.24) is 5.32 Å². The summed E-state index contributed by atoms with van der Waals surface area (Å²) in [7, 11) is 0. The third-order valence-electron chi connectivity index (χ3n) is 3.18. The van der Waals surface area contributed by atoms with Crippen LogP contribution in [-0.2, 0) is 4.74 Å². The molecule has 2 fully saturated rings. The summed E-state index contributed by atoms with van der Waals surface area (Å²) in [6.07, 6.45) is 1.31. The predicted octanol–water partition coefficient (Wildman–Crippen LogP) is 2.13. The SMILES string of the molecule is CC1CNC(C)(C2CCSC2)OC1.Cl. The van der Waals surface area contributed by atoms with E-state index >= 15 is 0 Å². The number of ether oxygens (including phenoxy) is 1. The molecule has 0 saturated carbocycles. The molecule has 0 radical (unpaired) electrons. The summed E-state index contributed by atoms with van der Waals surface area (Å²) in [5.74, 6) is 3.95. The first-order chi connectivity index (χ1) is 6.21. The molecular formula is C10H20ClNOS. The van der Waals surface area contributed by atoms with Crippen LogP contribution in [0, 0.1) is 11.8 Å². The van der Waals surface area contributed by atoms with Crippen molar-refractivity contribution >= 4 is 24.2 Å². The fourth-order valence-electron chi connectivity index (χ4n) is 2.03. The average molecular weight is 238 g/mol. The fraction of sp³-hybridized carbons (Fsp3) is 1.00. The molecule has 0 amide bonds. The summed E-state index contributed by atoms with van der Waals surface area (Å²) in [6, 6.07) is 0. The molecule has 1 N–H and O–H groups in total. The lowest BCUT2D eigenvalue weighted by molar-refractivity contribution is -0.130. The van der Waals surface area contributed by atoms with Gasteiger partial charge < -0.3 is 4.74 Å².